The van der Waals surface area contributed by atoms with Crippen LogP contribution >= 0.6 is 0 Å². The SMILES string of the molecule is CN1CC(Oc2ncc(C(=O)Nc3c(-c4cc(F)ccc4F)ccnc3C3CCC(F)(F)CC3)cc2F)C1. The summed E-state index contributed by atoms with van der Waals surface area (Å²) in [5, 5.41) is 2.64. The fourth-order valence-electron chi connectivity index (χ4n) is 4.86. The fourth-order valence-corrected chi connectivity index (χ4v) is 4.86. The second kappa shape index (κ2) is 10.3. The third-order valence-corrected chi connectivity index (χ3v) is 6.92. The van der Waals surface area contributed by atoms with Crippen molar-refractivity contribution >= 4 is 11.6 Å². The van der Waals surface area contributed by atoms with Gasteiger partial charge in [-0.15, -0.1) is 0 Å². The number of likely N-dealkylation sites (tertiary alicyclic amines) is 1. The highest BCUT2D eigenvalue weighted by Gasteiger charge is 2.37. The molecule has 1 N–H and O–H groups in total. The molecular formula is C27H25F5N4O2. The molecule has 1 saturated heterocycles. The molecule has 0 radical (unpaired) electrons. The fraction of sp³-hybridized carbons (Fsp3) is 0.370. The lowest BCUT2D eigenvalue weighted by atomic mass is 9.83. The van der Waals surface area contributed by atoms with Gasteiger partial charge in [-0.2, -0.15) is 0 Å². The van der Waals surface area contributed by atoms with E-state index in [1.54, 1.807) is 0 Å². The van der Waals surface area contributed by atoms with Gasteiger partial charge < -0.3 is 10.1 Å². The molecule has 0 spiro atoms. The first-order chi connectivity index (χ1) is 18.1. The molecule has 0 bridgehead atoms. The minimum absolute atomic E-state index is 0.0513. The summed E-state index contributed by atoms with van der Waals surface area (Å²) in [6, 6.07) is 5.27. The molecule has 1 amide bonds. The summed E-state index contributed by atoms with van der Waals surface area (Å²) in [6.07, 6.45) is 1.77. The van der Waals surface area contributed by atoms with E-state index in [0.717, 1.165) is 30.5 Å². The summed E-state index contributed by atoms with van der Waals surface area (Å²) in [4.78, 5) is 23.5. The van der Waals surface area contributed by atoms with E-state index < -0.39 is 35.2 Å². The van der Waals surface area contributed by atoms with Gasteiger partial charge in [-0.3, -0.25) is 14.7 Å². The van der Waals surface area contributed by atoms with Crippen LogP contribution in [0.25, 0.3) is 11.1 Å². The Kier molecular flexibility index (Phi) is 7.04. The van der Waals surface area contributed by atoms with E-state index in [1.165, 1.54) is 12.3 Å². The van der Waals surface area contributed by atoms with Crippen molar-refractivity contribution in [3.8, 4) is 17.0 Å². The third kappa shape index (κ3) is 5.47. The molecule has 6 nitrogen and oxygen atoms in total. The van der Waals surface area contributed by atoms with Crippen molar-refractivity contribution in [1.82, 2.24) is 14.9 Å². The highest BCUT2D eigenvalue weighted by molar-refractivity contribution is 6.06. The summed E-state index contributed by atoms with van der Waals surface area (Å²) in [7, 11) is 1.90. The van der Waals surface area contributed by atoms with E-state index in [0.29, 0.717) is 13.1 Å². The Morgan fingerprint density at radius 2 is 1.76 bits per heavy atom. The lowest BCUT2D eigenvalue weighted by Crippen LogP contribution is -2.51. The topological polar surface area (TPSA) is 67.3 Å². The minimum atomic E-state index is -2.80. The van der Waals surface area contributed by atoms with Gasteiger partial charge in [-0.1, -0.05) is 0 Å². The molecule has 2 aliphatic rings. The number of likely N-dealkylation sites (N-methyl/N-ethyl adjacent to an activating group) is 1. The first-order valence-corrected chi connectivity index (χ1v) is 12.2. The maximum atomic E-state index is 14.8. The Hall–Kier alpha value is -3.60. The standard InChI is InChI=1S/C27H25F5N4O2/c1-36-13-18(14-36)38-26-22(30)10-16(12-34-26)25(37)35-24-19(20-11-17(28)2-3-21(20)29)6-9-33-23(24)15-4-7-27(31,32)8-5-15/h2-3,6,9-12,15,18H,4-5,7-8,13-14H2,1H3,(H,35,37). The Labute approximate surface area is 215 Å². The molecule has 1 saturated carbocycles. The molecule has 1 aliphatic carbocycles. The number of aromatic nitrogens is 2. The molecule has 2 aromatic heterocycles. The van der Waals surface area contributed by atoms with Gasteiger partial charge in [0.15, 0.2) is 5.82 Å². The van der Waals surface area contributed by atoms with Crippen molar-refractivity contribution in [1.29, 1.82) is 0 Å². The lowest BCUT2D eigenvalue weighted by molar-refractivity contribution is -0.0384. The number of carbonyl (C=O) groups is 1. The second-order valence-corrected chi connectivity index (χ2v) is 9.80. The number of carbonyl (C=O) groups excluding carboxylic acids is 1. The van der Waals surface area contributed by atoms with Crippen LogP contribution in [0.4, 0.5) is 27.6 Å². The molecule has 3 aromatic rings. The number of anilines is 1. The van der Waals surface area contributed by atoms with Gasteiger partial charge in [-0.25, -0.2) is 26.9 Å². The van der Waals surface area contributed by atoms with Gasteiger partial charge in [-0.05, 0) is 50.2 Å². The molecule has 1 aliphatic heterocycles. The maximum Gasteiger partial charge on any atom is 0.257 e. The zero-order valence-electron chi connectivity index (χ0n) is 20.5. The Balaban J connectivity index is 1.48. The molecule has 3 heterocycles. The minimum Gasteiger partial charge on any atom is -0.470 e. The maximum absolute atomic E-state index is 14.8. The van der Waals surface area contributed by atoms with Crippen molar-refractivity contribution in [3.63, 3.8) is 0 Å². The molecular weight excluding hydrogens is 507 g/mol. The number of benzene rings is 1. The summed E-state index contributed by atoms with van der Waals surface area (Å²) < 4.78 is 76.7. The molecule has 2 fully saturated rings. The average molecular weight is 533 g/mol. The zero-order valence-corrected chi connectivity index (χ0v) is 20.5. The average Bonchev–Trinajstić information content (AvgIpc) is 2.86. The van der Waals surface area contributed by atoms with Crippen molar-refractivity contribution in [2.75, 3.05) is 25.5 Å². The Morgan fingerprint density at radius 1 is 1.03 bits per heavy atom. The zero-order chi connectivity index (χ0) is 27.0. The van der Waals surface area contributed by atoms with E-state index in [2.05, 4.69) is 15.3 Å². The van der Waals surface area contributed by atoms with Gasteiger partial charge in [0.05, 0.1) is 16.9 Å². The molecule has 0 atom stereocenters. The van der Waals surface area contributed by atoms with Crippen LogP contribution in [0.5, 0.6) is 5.88 Å². The third-order valence-electron chi connectivity index (χ3n) is 6.92. The number of ether oxygens (including phenoxy) is 1. The number of hydrogen-bond acceptors (Lipinski definition) is 5. The first kappa shape index (κ1) is 26.0. The van der Waals surface area contributed by atoms with Crippen LogP contribution < -0.4 is 10.1 Å². The van der Waals surface area contributed by atoms with Crippen LogP contribution in [0, 0.1) is 17.5 Å². The van der Waals surface area contributed by atoms with Crippen molar-refractivity contribution in [2.24, 2.45) is 0 Å². The van der Waals surface area contributed by atoms with Crippen LogP contribution in [0.15, 0.2) is 42.7 Å². The van der Waals surface area contributed by atoms with Crippen molar-refractivity contribution < 1.29 is 31.5 Å². The van der Waals surface area contributed by atoms with E-state index in [-0.39, 0.29) is 65.7 Å². The molecule has 1 aromatic carbocycles. The van der Waals surface area contributed by atoms with Crippen molar-refractivity contribution in [2.45, 2.75) is 43.6 Å². The van der Waals surface area contributed by atoms with Gasteiger partial charge >= 0.3 is 0 Å². The van der Waals surface area contributed by atoms with Crippen LogP contribution in [-0.2, 0) is 0 Å². The van der Waals surface area contributed by atoms with Crippen LogP contribution in [0.1, 0.15) is 47.7 Å². The highest BCUT2D eigenvalue weighted by Crippen LogP contribution is 2.44. The highest BCUT2D eigenvalue weighted by atomic mass is 19.3. The number of nitrogens with one attached hydrogen (secondary N) is 1. The molecule has 200 valence electrons. The monoisotopic (exact) mass is 532 g/mol. The van der Waals surface area contributed by atoms with Crippen LogP contribution in [-0.4, -0.2) is 52.9 Å². The number of amides is 1. The molecule has 11 heteroatoms. The summed E-state index contributed by atoms with van der Waals surface area (Å²) in [5.74, 6) is -6.53. The molecule has 5 rings (SSSR count). The number of halogens is 5. The number of rotatable bonds is 6. The van der Waals surface area contributed by atoms with Crippen molar-refractivity contribution in [3.05, 3.63) is 71.4 Å². The largest absolute Gasteiger partial charge is 0.470 e. The van der Waals surface area contributed by atoms with E-state index in [9.17, 15) is 26.7 Å². The Bertz CT molecular complexity index is 1350. The summed E-state index contributed by atoms with van der Waals surface area (Å²) in [6.45, 7) is 1.25. The number of hydrogen-bond donors (Lipinski definition) is 1. The van der Waals surface area contributed by atoms with E-state index >= 15 is 0 Å². The van der Waals surface area contributed by atoms with Gasteiger partial charge in [0, 0.05) is 55.4 Å². The molecule has 0 unspecified atom stereocenters. The number of pyridine rings is 2. The Morgan fingerprint density at radius 3 is 2.45 bits per heavy atom. The van der Waals surface area contributed by atoms with E-state index in [1.807, 2.05) is 11.9 Å². The van der Waals surface area contributed by atoms with E-state index in [4.69, 9.17) is 4.74 Å². The predicted molar refractivity (Wildman–Crippen MR) is 130 cm³/mol. The van der Waals surface area contributed by atoms with Crippen LogP contribution in [0.3, 0.4) is 0 Å². The van der Waals surface area contributed by atoms with Gasteiger partial charge in [0.25, 0.3) is 11.8 Å². The summed E-state index contributed by atoms with van der Waals surface area (Å²) in [5.41, 5.74) is 0.174. The molecule has 38 heavy (non-hydrogen) atoms. The normalized spacial score (nSPS) is 18.2. The number of nitrogens with zero attached hydrogens (tertiary/aromatic N) is 3. The van der Waals surface area contributed by atoms with Crippen LogP contribution in [0.2, 0.25) is 0 Å². The summed E-state index contributed by atoms with van der Waals surface area (Å²) >= 11 is 0. The quantitative estimate of drug-likeness (QED) is 0.407. The lowest BCUT2D eigenvalue weighted by Gasteiger charge is -2.35. The first-order valence-electron chi connectivity index (χ1n) is 12.2. The van der Waals surface area contributed by atoms with Gasteiger partial charge in [0.1, 0.15) is 17.7 Å². The second-order valence-electron chi connectivity index (χ2n) is 9.80. The number of alkyl halides is 2. The van der Waals surface area contributed by atoms with Gasteiger partial charge in [0.2, 0.25) is 5.92 Å². The predicted octanol–water partition coefficient (Wildman–Crippen LogP) is 5.80. The smallest absolute Gasteiger partial charge is 0.257 e.